The Morgan fingerprint density at radius 2 is 1.91 bits per heavy atom. The summed E-state index contributed by atoms with van der Waals surface area (Å²) in [7, 11) is 0. The van der Waals surface area contributed by atoms with Crippen molar-refractivity contribution in [1.82, 2.24) is 0 Å². The first-order chi connectivity index (χ1) is 10.4. The number of rotatable bonds is 9. The second-order valence-electron chi connectivity index (χ2n) is 6.97. The van der Waals surface area contributed by atoms with Crippen LogP contribution in [-0.2, 0) is 0 Å². The van der Waals surface area contributed by atoms with Crippen molar-refractivity contribution in [3.63, 3.8) is 0 Å². The molecule has 0 aliphatic carbocycles. The lowest BCUT2D eigenvalue weighted by molar-refractivity contribution is 0.228. The van der Waals surface area contributed by atoms with Crippen LogP contribution in [0.5, 0.6) is 5.75 Å². The van der Waals surface area contributed by atoms with Crippen molar-refractivity contribution in [2.45, 2.75) is 65.8 Å². The summed E-state index contributed by atoms with van der Waals surface area (Å²) in [6, 6.07) is 6.82. The molecule has 4 heteroatoms. The van der Waals surface area contributed by atoms with Crippen LogP contribution in [0.1, 0.15) is 71.4 Å². The van der Waals surface area contributed by atoms with E-state index in [2.05, 4.69) is 37.7 Å². The van der Waals surface area contributed by atoms with Crippen LogP contribution in [0.15, 0.2) is 29.4 Å². The monoisotopic (exact) mass is 303 g/mol. The van der Waals surface area contributed by atoms with E-state index in [1.54, 1.807) is 12.1 Å². The van der Waals surface area contributed by atoms with Gasteiger partial charge in [-0.15, -0.1) is 0 Å². The van der Waals surface area contributed by atoms with E-state index < -0.39 is 0 Å². The van der Waals surface area contributed by atoms with Crippen LogP contribution >= 0.6 is 0 Å². The highest BCUT2D eigenvalue weighted by Crippen LogP contribution is 2.40. The molecule has 22 heavy (non-hydrogen) atoms. The molecule has 0 saturated heterocycles. The molecule has 1 aromatic rings. The first kappa shape index (κ1) is 18.4. The third-order valence-corrected chi connectivity index (χ3v) is 4.57. The molecule has 0 amide bonds. The summed E-state index contributed by atoms with van der Waals surface area (Å²) in [4.78, 5) is 3.02. The third kappa shape index (κ3) is 5.98. The highest BCUT2D eigenvalue weighted by Gasteiger charge is 2.26. The van der Waals surface area contributed by atoms with Crippen molar-refractivity contribution in [3.05, 3.63) is 40.3 Å². The van der Waals surface area contributed by atoms with Crippen molar-refractivity contribution >= 4 is 0 Å². The van der Waals surface area contributed by atoms with Gasteiger partial charge in [0.05, 0.1) is 6.04 Å². The molecule has 1 aromatic carbocycles. The molecule has 2 unspecified atom stereocenters. The summed E-state index contributed by atoms with van der Waals surface area (Å²) in [5, 5.41) is 13.4. The number of azide groups is 1. The van der Waals surface area contributed by atoms with E-state index in [1.165, 1.54) is 12.8 Å². The second kappa shape index (κ2) is 8.70. The number of hydrogen-bond acceptors (Lipinski definition) is 2. The van der Waals surface area contributed by atoms with E-state index in [-0.39, 0.29) is 17.2 Å². The molecule has 1 N–H and O–H groups in total. The van der Waals surface area contributed by atoms with Gasteiger partial charge in [0.25, 0.3) is 0 Å². The topological polar surface area (TPSA) is 69.0 Å². The zero-order valence-electron chi connectivity index (χ0n) is 14.3. The highest BCUT2D eigenvalue weighted by molar-refractivity contribution is 5.28. The molecule has 1 rings (SSSR count). The Bertz CT molecular complexity index is 492. The van der Waals surface area contributed by atoms with Crippen molar-refractivity contribution in [2.24, 2.45) is 16.4 Å². The van der Waals surface area contributed by atoms with Crippen LogP contribution in [0, 0.1) is 11.3 Å². The normalized spacial score (nSPS) is 15.1. The fraction of sp³-hybridized carbons (Fsp3) is 0.667. The van der Waals surface area contributed by atoms with E-state index in [4.69, 9.17) is 5.53 Å². The number of hydrogen-bond donors (Lipinski definition) is 1. The summed E-state index contributed by atoms with van der Waals surface area (Å²) in [6.07, 6.45) is 5.51. The van der Waals surface area contributed by atoms with Crippen LogP contribution in [0.3, 0.4) is 0 Å². The number of benzene rings is 1. The zero-order valence-corrected chi connectivity index (χ0v) is 14.3. The van der Waals surface area contributed by atoms with Gasteiger partial charge >= 0.3 is 0 Å². The predicted octanol–water partition coefficient (Wildman–Crippen LogP) is 6.38. The van der Waals surface area contributed by atoms with Crippen molar-refractivity contribution in [2.75, 3.05) is 0 Å². The smallest absolute Gasteiger partial charge is 0.115 e. The molecule has 0 aromatic heterocycles. The average molecular weight is 303 g/mol. The minimum atomic E-state index is -0.172. The second-order valence-corrected chi connectivity index (χ2v) is 6.97. The zero-order chi connectivity index (χ0) is 16.6. The molecular weight excluding hydrogens is 274 g/mol. The van der Waals surface area contributed by atoms with E-state index in [1.807, 2.05) is 12.1 Å². The molecule has 122 valence electrons. The molecule has 0 aliphatic rings. The quantitative estimate of drug-likeness (QED) is 0.321. The Hall–Kier alpha value is -1.67. The summed E-state index contributed by atoms with van der Waals surface area (Å²) in [5.74, 6) is 0.963. The van der Waals surface area contributed by atoms with E-state index in [0.29, 0.717) is 0 Å². The number of nitrogens with zero attached hydrogens (tertiary/aromatic N) is 3. The van der Waals surface area contributed by atoms with E-state index >= 15 is 0 Å². The fourth-order valence-electron chi connectivity index (χ4n) is 2.81. The molecule has 0 bridgehead atoms. The van der Waals surface area contributed by atoms with Gasteiger partial charge in [-0.2, -0.15) is 0 Å². The maximum Gasteiger partial charge on any atom is 0.115 e. The average Bonchev–Trinajstić information content (AvgIpc) is 2.47. The number of phenolic OH excluding ortho intramolecular Hbond substituents is 1. The molecule has 0 fully saturated rings. The molecule has 4 nitrogen and oxygen atoms in total. The van der Waals surface area contributed by atoms with Gasteiger partial charge in [0.15, 0.2) is 0 Å². The molecule has 0 spiro atoms. The Balaban J connectivity index is 2.82. The van der Waals surface area contributed by atoms with Crippen LogP contribution in [0.25, 0.3) is 10.4 Å². The van der Waals surface area contributed by atoms with Crippen LogP contribution in [-0.4, -0.2) is 5.11 Å². The molecule has 0 radical (unpaired) electrons. The van der Waals surface area contributed by atoms with Gasteiger partial charge in [-0.1, -0.05) is 64.2 Å². The van der Waals surface area contributed by atoms with Gasteiger partial charge in [-0.3, -0.25) is 0 Å². The molecule has 0 aliphatic heterocycles. The minimum absolute atomic E-state index is 0.172. The molecule has 2 atom stereocenters. The Morgan fingerprint density at radius 3 is 2.41 bits per heavy atom. The Morgan fingerprint density at radius 1 is 1.27 bits per heavy atom. The number of aromatic hydroxyl groups is 1. The lowest BCUT2D eigenvalue weighted by atomic mass is 9.75. The third-order valence-electron chi connectivity index (χ3n) is 4.57. The summed E-state index contributed by atoms with van der Waals surface area (Å²) < 4.78 is 0. The first-order valence-electron chi connectivity index (χ1n) is 8.23. The Kier molecular flexibility index (Phi) is 7.26. The predicted molar refractivity (Wildman–Crippen MR) is 91.7 cm³/mol. The summed E-state index contributed by atoms with van der Waals surface area (Å²) in [6.45, 7) is 9.00. The Labute approximate surface area is 134 Å². The van der Waals surface area contributed by atoms with Gasteiger partial charge in [0.1, 0.15) is 5.75 Å². The maximum absolute atomic E-state index is 9.41. The van der Waals surface area contributed by atoms with Gasteiger partial charge in [0, 0.05) is 4.91 Å². The molecule has 0 saturated carbocycles. The van der Waals surface area contributed by atoms with E-state index in [0.717, 1.165) is 30.7 Å². The minimum Gasteiger partial charge on any atom is -0.508 e. The largest absolute Gasteiger partial charge is 0.508 e. The van der Waals surface area contributed by atoms with Crippen molar-refractivity contribution in [1.29, 1.82) is 0 Å². The van der Waals surface area contributed by atoms with Crippen molar-refractivity contribution in [3.8, 4) is 5.75 Å². The molecule has 0 heterocycles. The summed E-state index contributed by atoms with van der Waals surface area (Å²) >= 11 is 0. The molecular formula is C18H29N3O. The van der Waals surface area contributed by atoms with Crippen molar-refractivity contribution < 1.29 is 5.11 Å². The van der Waals surface area contributed by atoms with E-state index in [9.17, 15) is 5.11 Å². The SMILES string of the molecule is CCC(C)(CCCC(C)C)CC(N=[N+]=[N-])c1ccc(O)cc1. The lowest BCUT2D eigenvalue weighted by Gasteiger charge is -2.31. The van der Waals surface area contributed by atoms with Gasteiger partial charge in [-0.05, 0) is 47.4 Å². The van der Waals surface area contributed by atoms with Gasteiger partial charge in [-0.25, -0.2) is 0 Å². The van der Waals surface area contributed by atoms with Crippen LogP contribution in [0.2, 0.25) is 0 Å². The van der Waals surface area contributed by atoms with Crippen LogP contribution in [0.4, 0.5) is 0 Å². The highest BCUT2D eigenvalue weighted by atomic mass is 16.3. The van der Waals surface area contributed by atoms with Crippen LogP contribution < -0.4 is 0 Å². The summed E-state index contributed by atoms with van der Waals surface area (Å²) in [5.41, 5.74) is 10.0. The fourth-order valence-corrected chi connectivity index (χ4v) is 2.81. The maximum atomic E-state index is 9.41. The lowest BCUT2D eigenvalue weighted by Crippen LogP contribution is -2.19. The number of phenols is 1. The standard InChI is InChI=1S/C18H29N3O/c1-5-18(4,12-6-7-14(2)3)13-17(20-21-19)15-8-10-16(22)11-9-15/h8-11,14,17,22H,5-7,12-13H2,1-4H3. The van der Waals surface area contributed by atoms with Gasteiger partial charge in [0.2, 0.25) is 0 Å². The van der Waals surface area contributed by atoms with Gasteiger partial charge < -0.3 is 5.11 Å². The first-order valence-corrected chi connectivity index (χ1v) is 8.23.